The fraction of sp³-hybridized carbons (Fsp3) is 0.458. The number of ether oxygens (including phenoxy) is 1. The standard InChI is InChI=1S/C24H30N2O2.ClH/c1-16-12-17(2)23(18(3)13-16)28-15-20(27)14-26-22-11-7-6-10-21(22)25-24(26)19-8-4-5-9-19;/h6-7,10-13,19-20,27H,4-5,8-9,14-15H2,1-3H3;1H. The highest BCUT2D eigenvalue weighted by Gasteiger charge is 2.24. The summed E-state index contributed by atoms with van der Waals surface area (Å²) in [5, 5.41) is 10.8. The Balaban J connectivity index is 0.00000240. The average Bonchev–Trinajstić information content (AvgIpc) is 3.29. The van der Waals surface area contributed by atoms with E-state index in [0.717, 1.165) is 33.7 Å². The van der Waals surface area contributed by atoms with Crippen LogP contribution in [0.15, 0.2) is 36.4 Å². The Labute approximate surface area is 179 Å². The van der Waals surface area contributed by atoms with E-state index in [4.69, 9.17) is 9.72 Å². The molecule has 1 aliphatic rings. The topological polar surface area (TPSA) is 47.3 Å². The first kappa shape index (κ1) is 21.7. The summed E-state index contributed by atoms with van der Waals surface area (Å²) in [5.74, 6) is 2.51. The molecule has 1 aromatic heterocycles. The van der Waals surface area contributed by atoms with Crippen molar-refractivity contribution in [3.8, 4) is 5.75 Å². The highest BCUT2D eigenvalue weighted by atomic mass is 35.5. The number of rotatable bonds is 6. The van der Waals surface area contributed by atoms with Crippen molar-refractivity contribution in [2.45, 2.75) is 65.0 Å². The molecule has 0 radical (unpaired) electrons. The van der Waals surface area contributed by atoms with E-state index in [1.807, 2.05) is 12.1 Å². The molecular weight excluding hydrogens is 384 g/mol. The first-order chi connectivity index (χ1) is 13.5. The van der Waals surface area contributed by atoms with Gasteiger partial charge in [0.1, 0.15) is 24.3 Å². The SMILES string of the molecule is Cc1cc(C)c(OCC(O)Cn2c(C3CCCC3)nc3ccccc32)c(C)c1.Cl. The molecule has 1 heterocycles. The summed E-state index contributed by atoms with van der Waals surface area (Å²) in [4.78, 5) is 4.91. The van der Waals surface area contributed by atoms with Crippen molar-refractivity contribution in [3.63, 3.8) is 0 Å². The number of halogens is 1. The van der Waals surface area contributed by atoms with Gasteiger partial charge in [-0.1, -0.05) is 42.7 Å². The smallest absolute Gasteiger partial charge is 0.125 e. The van der Waals surface area contributed by atoms with Crippen LogP contribution in [0.5, 0.6) is 5.75 Å². The fourth-order valence-electron chi connectivity index (χ4n) is 4.62. The van der Waals surface area contributed by atoms with Crippen molar-refractivity contribution in [1.82, 2.24) is 9.55 Å². The lowest BCUT2D eigenvalue weighted by Crippen LogP contribution is -2.25. The van der Waals surface area contributed by atoms with Gasteiger partial charge in [-0.25, -0.2) is 4.98 Å². The molecule has 4 rings (SSSR count). The summed E-state index contributed by atoms with van der Waals surface area (Å²) in [6.07, 6.45) is 4.34. The second-order valence-corrected chi connectivity index (χ2v) is 8.24. The number of aryl methyl sites for hydroxylation is 3. The molecular formula is C24H31ClN2O2. The van der Waals surface area contributed by atoms with Crippen LogP contribution in [0.4, 0.5) is 0 Å². The minimum atomic E-state index is -0.585. The molecule has 1 unspecified atom stereocenters. The van der Waals surface area contributed by atoms with E-state index >= 15 is 0 Å². The van der Waals surface area contributed by atoms with Gasteiger partial charge < -0.3 is 14.4 Å². The maximum Gasteiger partial charge on any atom is 0.125 e. The third-order valence-corrected chi connectivity index (χ3v) is 5.82. The van der Waals surface area contributed by atoms with Crippen LogP contribution < -0.4 is 4.74 Å². The fourth-order valence-corrected chi connectivity index (χ4v) is 4.62. The largest absolute Gasteiger partial charge is 0.490 e. The van der Waals surface area contributed by atoms with Crippen LogP contribution in [0.1, 0.15) is 54.1 Å². The molecule has 0 saturated heterocycles. The predicted molar refractivity (Wildman–Crippen MR) is 120 cm³/mol. The molecule has 1 atom stereocenters. The zero-order valence-electron chi connectivity index (χ0n) is 17.5. The van der Waals surface area contributed by atoms with Crippen molar-refractivity contribution in [2.75, 3.05) is 6.61 Å². The van der Waals surface area contributed by atoms with Gasteiger partial charge in [0.05, 0.1) is 17.6 Å². The minimum Gasteiger partial charge on any atom is -0.490 e. The van der Waals surface area contributed by atoms with Crippen LogP contribution in [0.3, 0.4) is 0 Å². The Hall–Kier alpha value is -2.04. The molecule has 1 saturated carbocycles. The predicted octanol–water partition coefficient (Wildman–Crippen LogP) is 5.48. The molecule has 1 N–H and O–H groups in total. The molecule has 29 heavy (non-hydrogen) atoms. The molecule has 1 aliphatic carbocycles. The van der Waals surface area contributed by atoms with Gasteiger partial charge in [-0.3, -0.25) is 0 Å². The summed E-state index contributed by atoms with van der Waals surface area (Å²) in [6, 6.07) is 12.5. The third-order valence-electron chi connectivity index (χ3n) is 5.82. The Morgan fingerprint density at radius 2 is 1.76 bits per heavy atom. The maximum atomic E-state index is 10.8. The quantitative estimate of drug-likeness (QED) is 0.580. The molecule has 3 aromatic rings. The van der Waals surface area contributed by atoms with Gasteiger partial charge in [-0.05, 0) is 56.9 Å². The number of nitrogens with zero attached hydrogens (tertiary/aromatic N) is 2. The summed E-state index contributed by atoms with van der Waals surface area (Å²) < 4.78 is 8.24. The van der Waals surface area contributed by atoms with Crippen LogP contribution in [0.2, 0.25) is 0 Å². The average molecular weight is 415 g/mol. The Morgan fingerprint density at radius 1 is 1.10 bits per heavy atom. The lowest BCUT2D eigenvalue weighted by atomic mass is 10.1. The van der Waals surface area contributed by atoms with Gasteiger partial charge in [-0.15, -0.1) is 12.4 Å². The van der Waals surface area contributed by atoms with Crippen molar-refractivity contribution in [2.24, 2.45) is 0 Å². The van der Waals surface area contributed by atoms with Gasteiger partial charge >= 0.3 is 0 Å². The molecule has 1 fully saturated rings. The summed E-state index contributed by atoms with van der Waals surface area (Å²) >= 11 is 0. The van der Waals surface area contributed by atoms with E-state index < -0.39 is 6.10 Å². The molecule has 0 spiro atoms. The van der Waals surface area contributed by atoms with E-state index in [1.165, 1.54) is 31.2 Å². The van der Waals surface area contributed by atoms with E-state index in [9.17, 15) is 5.11 Å². The van der Waals surface area contributed by atoms with Crippen LogP contribution >= 0.6 is 12.4 Å². The molecule has 5 heteroatoms. The molecule has 156 valence electrons. The van der Waals surface area contributed by atoms with Gasteiger partial charge in [0.2, 0.25) is 0 Å². The van der Waals surface area contributed by atoms with Gasteiger partial charge in [0.15, 0.2) is 0 Å². The number of benzene rings is 2. The normalized spacial score (nSPS) is 15.4. The van der Waals surface area contributed by atoms with E-state index in [2.05, 4.69) is 49.6 Å². The lowest BCUT2D eigenvalue weighted by Gasteiger charge is -2.19. The van der Waals surface area contributed by atoms with Crippen LogP contribution in [-0.2, 0) is 6.54 Å². The summed E-state index contributed by atoms with van der Waals surface area (Å²) in [7, 11) is 0. The van der Waals surface area contributed by atoms with Crippen molar-refractivity contribution >= 4 is 23.4 Å². The second-order valence-electron chi connectivity index (χ2n) is 8.24. The zero-order chi connectivity index (χ0) is 19.7. The monoisotopic (exact) mass is 414 g/mol. The number of hydrogen-bond acceptors (Lipinski definition) is 3. The van der Waals surface area contributed by atoms with Crippen LogP contribution in [0.25, 0.3) is 11.0 Å². The Kier molecular flexibility index (Phi) is 6.86. The van der Waals surface area contributed by atoms with Gasteiger partial charge in [0, 0.05) is 5.92 Å². The number of hydrogen-bond donors (Lipinski definition) is 1. The Bertz CT molecular complexity index is 953. The van der Waals surface area contributed by atoms with Crippen LogP contribution in [0, 0.1) is 20.8 Å². The number of imidazole rings is 1. The van der Waals surface area contributed by atoms with Crippen molar-refractivity contribution in [3.05, 3.63) is 58.9 Å². The van der Waals surface area contributed by atoms with Crippen molar-refractivity contribution in [1.29, 1.82) is 0 Å². The molecule has 0 amide bonds. The minimum absolute atomic E-state index is 0. The number of para-hydroxylation sites is 2. The maximum absolute atomic E-state index is 10.8. The number of aromatic nitrogens is 2. The third kappa shape index (κ3) is 4.59. The first-order valence-electron chi connectivity index (χ1n) is 10.4. The second kappa shape index (κ2) is 9.19. The highest BCUT2D eigenvalue weighted by molar-refractivity contribution is 5.85. The highest BCUT2D eigenvalue weighted by Crippen LogP contribution is 2.35. The lowest BCUT2D eigenvalue weighted by molar-refractivity contribution is 0.0917. The number of aliphatic hydroxyl groups excluding tert-OH is 1. The summed E-state index contributed by atoms with van der Waals surface area (Å²) in [5.41, 5.74) is 5.58. The van der Waals surface area contributed by atoms with E-state index in [1.54, 1.807) is 0 Å². The molecule has 4 nitrogen and oxygen atoms in total. The van der Waals surface area contributed by atoms with E-state index in [0.29, 0.717) is 12.5 Å². The zero-order valence-corrected chi connectivity index (χ0v) is 18.3. The summed E-state index contributed by atoms with van der Waals surface area (Å²) in [6.45, 7) is 7.00. The van der Waals surface area contributed by atoms with Gasteiger partial charge in [0.25, 0.3) is 0 Å². The number of aliphatic hydroxyl groups is 1. The van der Waals surface area contributed by atoms with E-state index in [-0.39, 0.29) is 19.0 Å². The van der Waals surface area contributed by atoms with Crippen LogP contribution in [-0.4, -0.2) is 27.4 Å². The van der Waals surface area contributed by atoms with Gasteiger partial charge in [-0.2, -0.15) is 0 Å². The molecule has 0 aliphatic heterocycles. The molecule has 2 aromatic carbocycles. The molecule has 0 bridgehead atoms. The first-order valence-corrected chi connectivity index (χ1v) is 10.4. The van der Waals surface area contributed by atoms with Crippen molar-refractivity contribution < 1.29 is 9.84 Å². The Morgan fingerprint density at radius 3 is 2.45 bits per heavy atom. The number of fused-ring (bicyclic) bond motifs is 1.